The lowest BCUT2D eigenvalue weighted by Gasteiger charge is -2.10. The maximum absolute atomic E-state index is 3.78. The lowest BCUT2D eigenvalue weighted by atomic mass is 9.95. The van der Waals surface area contributed by atoms with Crippen molar-refractivity contribution in [2.24, 2.45) is 0 Å². The summed E-state index contributed by atoms with van der Waals surface area (Å²) in [7, 11) is 0. The van der Waals surface area contributed by atoms with Gasteiger partial charge < -0.3 is 0 Å². The van der Waals surface area contributed by atoms with E-state index < -0.39 is 0 Å². The topological polar surface area (TPSA) is 0 Å². The summed E-state index contributed by atoms with van der Waals surface area (Å²) < 4.78 is 1.11. The first-order valence-electron chi connectivity index (χ1n) is 9.73. The molecule has 0 unspecified atom stereocenters. The molecule has 0 saturated carbocycles. The number of fused-ring (bicyclic) bond motifs is 1. The lowest BCUT2D eigenvalue weighted by molar-refractivity contribution is 1.56. The molecular formula is C28H19Br. The van der Waals surface area contributed by atoms with Crippen LogP contribution in [0.2, 0.25) is 0 Å². The molecule has 0 atom stereocenters. The summed E-state index contributed by atoms with van der Waals surface area (Å²) >= 11 is 3.78. The van der Waals surface area contributed by atoms with E-state index in [0.717, 1.165) is 4.47 Å². The Morgan fingerprint density at radius 3 is 1.79 bits per heavy atom. The molecule has 0 saturated heterocycles. The van der Waals surface area contributed by atoms with Gasteiger partial charge in [0.2, 0.25) is 0 Å². The fourth-order valence-electron chi connectivity index (χ4n) is 3.87. The molecule has 1 heteroatoms. The maximum Gasteiger partial charge on any atom is 0.0259 e. The molecule has 0 bridgehead atoms. The second-order valence-electron chi connectivity index (χ2n) is 7.16. The van der Waals surface area contributed by atoms with Gasteiger partial charge in [-0.2, -0.15) is 0 Å². The Labute approximate surface area is 179 Å². The van der Waals surface area contributed by atoms with Crippen molar-refractivity contribution in [2.75, 3.05) is 0 Å². The molecule has 0 aliphatic heterocycles. The van der Waals surface area contributed by atoms with Crippen molar-refractivity contribution in [3.63, 3.8) is 0 Å². The van der Waals surface area contributed by atoms with Crippen molar-refractivity contribution in [2.45, 2.75) is 0 Å². The fraction of sp³-hybridized carbons (Fsp3) is 0. The van der Waals surface area contributed by atoms with E-state index in [9.17, 15) is 0 Å². The number of benzene rings is 5. The van der Waals surface area contributed by atoms with Crippen LogP contribution in [-0.4, -0.2) is 0 Å². The van der Waals surface area contributed by atoms with Crippen molar-refractivity contribution >= 4 is 26.7 Å². The SMILES string of the molecule is Brc1cc(-c2ccccc2)ccc1-c1ccc(-c2cccc3ccccc23)cc1. The molecule has 0 aromatic heterocycles. The van der Waals surface area contributed by atoms with Crippen LogP contribution in [0.25, 0.3) is 44.2 Å². The minimum absolute atomic E-state index is 1.11. The lowest BCUT2D eigenvalue weighted by Crippen LogP contribution is -1.85. The smallest absolute Gasteiger partial charge is 0.0259 e. The first-order chi connectivity index (χ1) is 14.3. The molecule has 29 heavy (non-hydrogen) atoms. The van der Waals surface area contributed by atoms with Crippen molar-refractivity contribution in [3.05, 3.63) is 120 Å². The Balaban J connectivity index is 1.51. The van der Waals surface area contributed by atoms with Crippen molar-refractivity contribution in [1.82, 2.24) is 0 Å². The van der Waals surface area contributed by atoms with E-state index in [-0.39, 0.29) is 0 Å². The van der Waals surface area contributed by atoms with Gasteiger partial charge in [-0.15, -0.1) is 0 Å². The van der Waals surface area contributed by atoms with Gasteiger partial charge in [0.25, 0.3) is 0 Å². The molecule has 0 amide bonds. The molecule has 0 fully saturated rings. The van der Waals surface area contributed by atoms with Gasteiger partial charge in [0, 0.05) is 4.47 Å². The Hall–Kier alpha value is -3.16. The van der Waals surface area contributed by atoms with E-state index in [0.29, 0.717) is 0 Å². The summed E-state index contributed by atoms with van der Waals surface area (Å²) in [5, 5.41) is 2.56. The molecule has 5 rings (SSSR count). The van der Waals surface area contributed by atoms with Crippen molar-refractivity contribution < 1.29 is 0 Å². The van der Waals surface area contributed by atoms with Gasteiger partial charge in [0.05, 0.1) is 0 Å². The summed E-state index contributed by atoms with van der Waals surface area (Å²) in [6.45, 7) is 0. The average molecular weight is 435 g/mol. The van der Waals surface area contributed by atoms with Crippen LogP contribution >= 0.6 is 15.9 Å². The predicted octanol–water partition coefficient (Wildman–Crippen LogP) is 8.60. The maximum atomic E-state index is 3.78. The van der Waals surface area contributed by atoms with Gasteiger partial charge in [0.1, 0.15) is 0 Å². The highest BCUT2D eigenvalue weighted by Gasteiger charge is 2.08. The molecule has 5 aromatic carbocycles. The quantitative estimate of drug-likeness (QED) is 0.266. The summed E-state index contributed by atoms with van der Waals surface area (Å²) in [4.78, 5) is 0. The molecule has 0 N–H and O–H groups in total. The van der Waals surface area contributed by atoms with Gasteiger partial charge in [-0.05, 0) is 50.2 Å². The molecule has 0 aliphatic carbocycles. The van der Waals surface area contributed by atoms with Gasteiger partial charge in [-0.3, -0.25) is 0 Å². The molecular weight excluding hydrogens is 416 g/mol. The van der Waals surface area contributed by atoms with E-state index in [1.807, 2.05) is 6.07 Å². The van der Waals surface area contributed by atoms with Gasteiger partial charge in [0.15, 0.2) is 0 Å². The number of hydrogen-bond donors (Lipinski definition) is 0. The van der Waals surface area contributed by atoms with Crippen LogP contribution in [0.15, 0.2) is 120 Å². The first kappa shape index (κ1) is 17.9. The number of halogens is 1. The highest BCUT2D eigenvalue weighted by atomic mass is 79.9. The zero-order chi connectivity index (χ0) is 19.6. The van der Waals surface area contributed by atoms with Crippen LogP contribution in [0.1, 0.15) is 0 Å². The molecule has 0 spiro atoms. The average Bonchev–Trinajstić information content (AvgIpc) is 2.79. The van der Waals surface area contributed by atoms with Crippen molar-refractivity contribution in [3.8, 4) is 33.4 Å². The third-order valence-electron chi connectivity index (χ3n) is 5.37. The Bertz CT molecular complexity index is 1280. The molecule has 0 heterocycles. The summed E-state index contributed by atoms with van der Waals surface area (Å²) in [6, 6.07) is 40.9. The Kier molecular flexibility index (Phi) is 4.75. The number of hydrogen-bond acceptors (Lipinski definition) is 0. The van der Waals surface area contributed by atoms with E-state index >= 15 is 0 Å². The van der Waals surface area contributed by atoms with Crippen LogP contribution in [-0.2, 0) is 0 Å². The van der Waals surface area contributed by atoms with E-state index in [4.69, 9.17) is 0 Å². The molecule has 0 aliphatic rings. The normalized spacial score (nSPS) is 10.9. The number of rotatable bonds is 3. The Morgan fingerprint density at radius 1 is 0.414 bits per heavy atom. The van der Waals surface area contributed by atoms with E-state index in [2.05, 4.69) is 125 Å². The largest absolute Gasteiger partial charge is 0.0622 e. The minimum Gasteiger partial charge on any atom is -0.0622 e. The van der Waals surface area contributed by atoms with Gasteiger partial charge in [-0.25, -0.2) is 0 Å². The van der Waals surface area contributed by atoms with E-state index in [1.54, 1.807) is 0 Å². The fourth-order valence-corrected chi connectivity index (χ4v) is 4.47. The summed E-state index contributed by atoms with van der Waals surface area (Å²) in [5.74, 6) is 0. The van der Waals surface area contributed by atoms with Gasteiger partial charge in [-0.1, -0.05) is 125 Å². The van der Waals surface area contributed by atoms with Crippen LogP contribution in [0, 0.1) is 0 Å². The second kappa shape index (κ2) is 7.69. The summed E-state index contributed by atoms with van der Waals surface area (Å²) in [6.07, 6.45) is 0. The van der Waals surface area contributed by atoms with Crippen LogP contribution in [0.4, 0.5) is 0 Å². The second-order valence-corrected chi connectivity index (χ2v) is 8.02. The zero-order valence-corrected chi connectivity index (χ0v) is 17.4. The van der Waals surface area contributed by atoms with Crippen LogP contribution in [0.3, 0.4) is 0 Å². The van der Waals surface area contributed by atoms with Gasteiger partial charge >= 0.3 is 0 Å². The van der Waals surface area contributed by atoms with Crippen LogP contribution < -0.4 is 0 Å². The highest BCUT2D eigenvalue weighted by molar-refractivity contribution is 9.10. The highest BCUT2D eigenvalue weighted by Crippen LogP contribution is 2.35. The zero-order valence-electron chi connectivity index (χ0n) is 15.8. The minimum atomic E-state index is 1.11. The van der Waals surface area contributed by atoms with E-state index in [1.165, 1.54) is 44.2 Å². The van der Waals surface area contributed by atoms with Crippen LogP contribution in [0.5, 0.6) is 0 Å². The monoisotopic (exact) mass is 434 g/mol. The molecule has 0 radical (unpaired) electrons. The standard InChI is InChI=1S/C28H19Br/c29-28-19-24(20-7-2-1-3-8-20)17-18-27(28)23-15-13-22(14-16-23)26-12-6-10-21-9-4-5-11-25(21)26/h1-19H. The predicted molar refractivity (Wildman–Crippen MR) is 128 cm³/mol. The molecule has 5 aromatic rings. The first-order valence-corrected chi connectivity index (χ1v) is 10.5. The third-order valence-corrected chi connectivity index (χ3v) is 6.03. The Morgan fingerprint density at radius 2 is 1.03 bits per heavy atom. The molecule has 138 valence electrons. The summed E-state index contributed by atoms with van der Waals surface area (Å²) in [5.41, 5.74) is 7.37. The van der Waals surface area contributed by atoms with Crippen molar-refractivity contribution in [1.29, 1.82) is 0 Å². The third kappa shape index (κ3) is 3.50. The molecule has 0 nitrogen and oxygen atoms in total.